The van der Waals surface area contributed by atoms with Crippen molar-refractivity contribution in [2.75, 3.05) is 0 Å². The van der Waals surface area contributed by atoms with Crippen molar-refractivity contribution in [2.45, 2.75) is 0 Å². The molecule has 0 aliphatic heterocycles. The first-order valence-corrected chi connectivity index (χ1v) is 21.7. The van der Waals surface area contributed by atoms with E-state index in [0.29, 0.717) is 17.5 Å². The lowest BCUT2D eigenvalue weighted by atomic mass is 9.98. The average molecular weight is 809 g/mol. The SMILES string of the molecule is c1ccc(-c2ccccc2-c2nc(-c3cccc(-c4ccc5sc6ccccc6c5c4)c3)nc(-c3ccc(-c4ccccc4)c(-n4c5ccccc5c5ccccc54)c3)n2)cc1. The number of benzene rings is 9. The third-order valence-electron chi connectivity index (χ3n) is 11.9. The minimum absolute atomic E-state index is 0.603. The molecule has 0 aliphatic carbocycles. The second kappa shape index (κ2) is 14.9. The Morgan fingerprint density at radius 3 is 1.52 bits per heavy atom. The predicted octanol–water partition coefficient (Wildman–Crippen LogP) is 15.3. The summed E-state index contributed by atoms with van der Waals surface area (Å²) in [5.74, 6) is 1.83. The van der Waals surface area contributed by atoms with Crippen LogP contribution in [0.4, 0.5) is 0 Å². The number of hydrogen-bond donors (Lipinski definition) is 0. The van der Waals surface area contributed by atoms with E-state index in [1.54, 1.807) is 0 Å². The molecule has 0 amide bonds. The van der Waals surface area contributed by atoms with Gasteiger partial charge in [0.1, 0.15) is 0 Å². The molecule has 0 saturated carbocycles. The first-order chi connectivity index (χ1) is 30.7. The molecule has 0 atom stereocenters. The van der Waals surface area contributed by atoms with Gasteiger partial charge in [0.25, 0.3) is 0 Å². The summed E-state index contributed by atoms with van der Waals surface area (Å²) in [6.07, 6.45) is 0. The fraction of sp³-hybridized carbons (Fsp3) is 0. The highest BCUT2D eigenvalue weighted by molar-refractivity contribution is 7.25. The van der Waals surface area contributed by atoms with Crippen LogP contribution in [0, 0.1) is 0 Å². The van der Waals surface area contributed by atoms with Gasteiger partial charge in [0.15, 0.2) is 17.5 Å². The highest BCUT2D eigenvalue weighted by Crippen LogP contribution is 2.40. The maximum absolute atomic E-state index is 5.34. The van der Waals surface area contributed by atoms with Crippen molar-refractivity contribution in [3.05, 3.63) is 218 Å². The Morgan fingerprint density at radius 2 is 0.790 bits per heavy atom. The molecular weight excluding hydrogens is 773 g/mol. The minimum Gasteiger partial charge on any atom is -0.309 e. The van der Waals surface area contributed by atoms with Crippen LogP contribution in [0.2, 0.25) is 0 Å². The molecule has 0 fully saturated rings. The van der Waals surface area contributed by atoms with E-state index in [4.69, 9.17) is 15.0 Å². The largest absolute Gasteiger partial charge is 0.309 e. The highest BCUT2D eigenvalue weighted by Gasteiger charge is 2.20. The van der Waals surface area contributed by atoms with E-state index in [1.807, 2.05) is 17.4 Å². The molecule has 3 heterocycles. The van der Waals surface area contributed by atoms with Gasteiger partial charge in [-0.25, -0.2) is 15.0 Å². The third-order valence-corrected chi connectivity index (χ3v) is 13.0. The zero-order valence-electron chi connectivity index (χ0n) is 33.5. The molecule has 12 aromatic rings. The summed E-state index contributed by atoms with van der Waals surface area (Å²) in [5, 5.41) is 4.98. The zero-order valence-corrected chi connectivity index (χ0v) is 34.3. The van der Waals surface area contributed by atoms with Crippen molar-refractivity contribution < 1.29 is 0 Å². The number of para-hydroxylation sites is 2. The van der Waals surface area contributed by atoms with Crippen molar-refractivity contribution in [1.82, 2.24) is 19.5 Å². The molecule has 5 heteroatoms. The van der Waals surface area contributed by atoms with E-state index in [1.165, 1.54) is 30.9 Å². The Labute approximate surface area is 362 Å². The van der Waals surface area contributed by atoms with Gasteiger partial charge in [-0.15, -0.1) is 11.3 Å². The molecule has 0 unspecified atom stereocenters. The molecule has 0 saturated heterocycles. The van der Waals surface area contributed by atoms with E-state index in [0.717, 1.165) is 66.8 Å². The molecule has 0 bridgehead atoms. The van der Waals surface area contributed by atoms with Crippen LogP contribution in [0.15, 0.2) is 218 Å². The van der Waals surface area contributed by atoms with Crippen molar-refractivity contribution in [1.29, 1.82) is 0 Å². The monoisotopic (exact) mass is 808 g/mol. The molecule has 62 heavy (non-hydrogen) atoms. The third kappa shape index (κ3) is 6.18. The number of thiophene rings is 1. The smallest absolute Gasteiger partial charge is 0.164 e. The summed E-state index contributed by atoms with van der Waals surface area (Å²) in [6, 6.07) is 77.5. The Hall–Kier alpha value is -7.99. The first kappa shape index (κ1) is 35.9. The predicted molar refractivity (Wildman–Crippen MR) is 260 cm³/mol. The van der Waals surface area contributed by atoms with Crippen LogP contribution in [0.3, 0.4) is 0 Å². The molecule has 0 aliphatic rings. The van der Waals surface area contributed by atoms with Crippen LogP contribution in [-0.2, 0) is 0 Å². The Bertz CT molecular complexity index is 3590. The molecule has 9 aromatic carbocycles. The van der Waals surface area contributed by atoms with Gasteiger partial charge >= 0.3 is 0 Å². The average Bonchev–Trinajstić information content (AvgIpc) is 3.90. The lowest BCUT2D eigenvalue weighted by Gasteiger charge is -2.17. The lowest BCUT2D eigenvalue weighted by Crippen LogP contribution is -2.03. The fourth-order valence-electron chi connectivity index (χ4n) is 8.95. The topological polar surface area (TPSA) is 43.6 Å². The Balaban J connectivity index is 1.08. The first-order valence-electron chi connectivity index (χ1n) is 20.8. The maximum atomic E-state index is 5.34. The number of nitrogens with zero attached hydrogens (tertiary/aromatic N) is 4. The van der Waals surface area contributed by atoms with Crippen LogP contribution < -0.4 is 0 Å². The summed E-state index contributed by atoms with van der Waals surface area (Å²) in [5.41, 5.74) is 12.8. The maximum Gasteiger partial charge on any atom is 0.164 e. The molecule has 3 aromatic heterocycles. The van der Waals surface area contributed by atoms with Crippen molar-refractivity contribution >= 4 is 53.3 Å². The van der Waals surface area contributed by atoms with Crippen molar-refractivity contribution in [2.24, 2.45) is 0 Å². The summed E-state index contributed by atoms with van der Waals surface area (Å²) in [4.78, 5) is 16.0. The number of fused-ring (bicyclic) bond motifs is 6. The molecule has 12 rings (SSSR count). The van der Waals surface area contributed by atoms with Gasteiger partial charge in [-0.1, -0.05) is 176 Å². The molecule has 290 valence electrons. The highest BCUT2D eigenvalue weighted by atomic mass is 32.1. The molecule has 4 nitrogen and oxygen atoms in total. The van der Waals surface area contributed by atoms with Gasteiger partial charge in [-0.05, 0) is 70.3 Å². The summed E-state index contributed by atoms with van der Waals surface area (Å²) in [6.45, 7) is 0. The van der Waals surface area contributed by atoms with Crippen molar-refractivity contribution in [3.8, 4) is 73.2 Å². The normalized spacial score (nSPS) is 11.5. The van der Waals surface area contributed by atoms with Crippen LogP contribution in [0.5, 0.6) is 0 Å². The minimum atomic E-state index is 0.603. The van der Waals surface area contributed by atoms with Gasteiger partial charge in [-0.2, -0.15) is 0 Å². The number of aromatic nitrogens is 4. The van der Waals surface area contributed by atoms with E-state index < -0.39 is 0 Å². The van der Waals surface area contributed by atoms with Crippen molar-refractivity contribution in [3.63, 3.8) is 0 Å². The second-order valence-electron chi connectivity index (χ2n) is 15.6. The van der Waals surface area contributed by atoms with E-state index in [2.05, 4.69) is 217 Å². The summed E-state index contributed by atoms with van der Waals surface area (Å²) in [7, 11) is 0. The van der Waals surface area contributed by atoms with Gasteiger partial charge in [0.2, 0.25) is 0 Å². The van der Waals surface area contributed by atoms with Crippen LogP contribution in [0.25, 0.3) is 115 Å². The van der Waals surface area contributed by atoms with Gasteiger partial charge in [0.05, 0.1) is 16.7 Å². The van der Waals surface area contributed by atoms with Crippen LogP contribution >= 0.6 is 11.3 Å². The van der Waals surface area contributed by atoms with E-state index in [-0.39, 0.29) is 0 Å². The second-order valence-corrected chi connectivity index (χ2v) is 16.7. The molecule has 0 radical (unpaired) electrons. The number of rotatable bonds is 7. The molecule has 0 spiro atoms. The Morgan fingerprint density at radius 1 is 0.290 bits per heavy atom. The van der Waals surface area contributed by atoms with Crippen LogP contribution in [-0.4, -0.2) is 19.5 Å². The van der Waals surface area contributed by atoms with E-state index in [9.17, 15) is 0 Å². The van der Waals surface area contributed by atoms with Gasteiger partial charge in [0, 0.05) is 53.2 Å². The Kier molecular flexibility index (Phi) is 8.65. The summed E-state index contributed by atoms with van der Waals surface area (Å²) >= 11 is 1.84. The van der Waals surface area contributed by atoms with E-state index >= 15 is 0 Å². The standard InChI is InChI=1S/C57H36N4S/c1-3-16-37(17-4-1)43-22-7-8-26-48(43)57-59-55(41-21-15-20-39(34-41)40-31-33-54-49(35-40)47-25-11-14-29-53(47)62-54)58-56(60-57)42-30-32-44(38-18-5-2-6-19-38)52(36-42)61-50-27-12-9-23-45(50)46-24-10-13-28-51(46)61/h1-36H. The van der Waals surface area contributed by atoms with Gasteiger partial charge in [-0.3, -0.25) is 0 Å². The van der Waals surface area contributed by atoms with Gasteiger partial charge < -0.3 is 4.57 Å². The zero-order chi connectivity index (χ0) is 41.0. The lowest BCUT2D eigenvalue weighted by molar-refractivity contribution is 1.07. The molecular formula is C57H36N4S. The summed E-state index contributed by atoms with van der Waals surface area (Å²) < 4.78 is 4.97. The quantitative estimate of drug-likeness (QED) is 0.161. The fourth-order valence-corrected chi connectivity index (χ4v) is 10.0. The number of hydrogen-bond acceptors (Lipinski definition) is 4. The van der Waals surface area contributed by atoms with Crippen LogP contribution in [0.1, 0.15) is 0 Å². The molecule has 0 N–H and O–H groups in total.